The van der Waals surface area contributed by atoms with Crippen LogP contribution >= 0.6 is 0 Å². The van der Waals surface area contributed by atoms with Crippen molar-refractivity contribution in [2.45, 2.75) is 18.6 Å². The van der Waals surface area contributed by atoms with Gasteiger partial charge in [-0.1, -0.05) is 12.1 Å². The Morgan fingerprint density at radius 3 is 2.44 bits per heavy atom. The molecular formula is C19H20FNO4. The van der Waals surface area contributed by atoms with Crippen molar-refractivity contribution in [3.63, 3.8) is 0 Å². The molecule has 0 aromatic heterocycles. The van der Waals surface area contributed by atoms with Gasteiger partial charge in [0.2, 0.25) is 0 Å². The van der Waals surface area contributed by atoms with E-state index >= 15 is 0 Å². The number of ether oxygens (including phenoxy) is 2. The van der Waals surface area contributed by atoms with Crippen LogP contribution in [-0.4, -0.2) is 42.8 Å². The Morgan fingerprint density at radius 1 is 1.12 bits per heavy atom. The van der Waals surface area contributed by atoms with Crippen LogP contribution in [0, 0.1) is 5.82 Å². The number of aliphatic hydroxyl groups excluding tert-OH is 1. The summed E-state index contributed by atoms with van der Waals surface area (Å²) >= 11 is 0. The van der Waals surface area contributed by atoms with Crippen LogP contribution < -0.4 is 9.47 Å². The fraction of sp³-hybridized carbons (Fsp3) is 0.316. The molecular weight excluding hydrogens is 325 g/mol. The summed E-state index contributed by atoms with van der Waals surface area (Å²) in [6.45, 7) is 0.231. The van der Waals surface area contributed by atoms with Gasteiger partial charge in [-0.3, -0.25) is 4.79 Å². The molecule has 2 aromatic rings. The molecule has 2 unspecified atom stereocenters. The molecule has 0 aliphatic carbocycles. The average molecular weight is 345 g/mol. The lowest BCUT2D eigenvalue weighted by molar-refractivity contribution is 0.0715. The highest BCUT2D eigenvalue weighted by Crippen LogP contribution is 2.35. The zero-order chi connectivity index (χ0) is 18.0. The van der Waals surface area contributed by atoms with Gasteiger partial charge in [0.15, 0.2) is 11.5 Å². The zero-order valence-electron chi connectivity index (χ0n) is 14.1. The number of carbonyl (C=O) groups excluding carboxylic acids is 1. The maximum atomic E-state index is 13.2. The number of aliphatic hydroxyl groups is 1. The molecule has 0 radical (unpaired) electrons. The van der Waals surface area contributed by atoms with E-state index in [1.165, 1.54) is 26.4 Å². The summed E-state index contributed by atoms with van der Waals surface area (Å²) in [4.78, 5) is 14.6. The van der Waals surface area contributed by atoms with Crippen molar-refractivity contribution < 1.29 is 23.8 Å². The van der Waals surface area contributed by atoms with Crippen LogP contribution in [0.25, 0.3) is 0 Å². The highest BCUT2D eigenvalue weighted by molar-refractivity contribution is 5.95. The summed E-state index contributed by atoms with van der Waals surface area (Å²) in [6.07, 6.45) is -0.191. The first-order chi connectivity index (χ1) is 12.0. The predicted octanol–water partition coefficient (Wildman–Crippen LogP) is 2.79. The number of halogens is 1. The quantitative estimate of drug-likeness (QED) is 0.926. The van der Waals surface area contributed by atoms with Gasteiger partial charge < -0.3 is 19.5 Å². The first kappa shape index (κ1) is 17.2. The van der Waals surface area contributed by atoms with E-state index in [1.807, 2.05) is 0 Å². The number of hydrogen-bond acceptors (Lipinski definition) is 4. The second-order valence-electron chi connectivity index (χ2n) is 5.98. The maximum absolute atomic E-state index is 13.2. The minimum absolute atomic E-state index is 0.216. The molecule has 1 fully saturated rings. The normalized spacial score (nSPS) is 19.8. The van der Waals surface area contributed by atoms with Crippen molar-refractivity contribution in [2.75, 3.05) is 20.8 Å². The van der Waals surface area contributed by atoms with Crippen LogP contribution in [0.4, 0.5) is 4.39 Å². The number of hydrogen-bond donors (Lipinski definition) is 1. The molecule has 0 spiro atoms. The van der Waals surface area contributed by atoms with Gasteiger partial charge in [0.1, 0.15) is 5.82 Å². The van der Waals surface area contributed by atoms with Gasteiger partial charge >= 0.3 is 0 Å². The van der Waals surface area contributed by atoms with Crippen LogP contribution in [0.2, 0.25) is 0 Å². The number of benzene rings is 2. The van der Waals surface area contributed by atoms with Crippen LogP contribution in [0.3, 0.4) is 0 Å². The summed E-state index contributed by atoms with van der Waals surface area (Å²) < 4.78 is 23.6. The number of nitrogens with zero attached hydrogens (tertiary/aromatic N) is 1. The molecule has 0 bridgehead atoms. The summed E-state index contributed by atoms with van der Waals surface area (Å²) in [5.74, 6) is 0.453. The zero-order valence-corrected chi connectivity index (χ0v) is 14.1. The Hall–Kier alpha value is -2.60. The highest BCUT2D eigenvalue weighted by Gasteiger charge is 2.36. The van der Waals surface area contributed by atoms with Gasteiger partial charge in [-0.25, -0.2) is 4.39 Å². The first-order valence-electron chi connectivity index (χ1n) is 8.00. The molecule has 3 rings (SSSR count). The van der Waals surface area contributed by atoms with Crippen LogP contribution in [0.15, 0.2) is 42.5 Å². The molecule has 6 heteroatoms. The Morgan fingerprint density at radius 2 is 1.80 bits per heavy atom. The predicted molar refractivity (Wildman–Crippen MR) is 90.3 cm³/mol. The number of amides is 1. The van der Waals surface area contributed by atoms with Gasteiger partial charge in [-0.15, -0.1) is 0 Å². The smallest absolute Gasteiger partial charge is 0.254 e. The summed E-state index contributed by atoms with van der Waals surface area (Å²) in [7, 11) is 3.04. The summed E-state index contributed by atoms with van der Waals surface area (Å²) in [6, 6.07) is 10.7. The molecule has 5 nitrogen and oxygen atoms in total. The molecule has 1 N–H and O–H groups in total. The lowest BCUT2D eigenvalue weighted by atomic mass is 10.0. The van der Waals surface area contributed by atoms with Gasteiger partial charge in [0.05, 0.1) is 26.4 Å². The number of likely N-dealkylation sites (tertiary alicyclic amines) is 1. The lowest BCUT2D eigenvalue weighted by Crippen LogP contribution is -2.31. The SMILES string of the molecule is COc1ccc(C(=O)N2CC(O)CC2c2ccc(F)cc2)cc1OC. The number of carbonyl (C=O) groups is 1. The second kappa shape index (κ2) is 7.11. The van der Waals surface area contributed by atoms with Gasteiger partial charge in [-0.2, -0.15) is 0 Å². The van der Waals surface area contributed by atoms with E-state index in [9.17, 15) is 14.3 Å². The molecule has 2 aromatic carbocycles. The third-order valence-corrected chi connectivity index (χ3v) is 4.43. The summed E-state index contributed by atoms with van der Waals surface area (Å²) in [5, 5.41) is 10.1. The Balaban J connectivity index is 1.90. The van der Waals surface area contributed by atoms with Crippen molar-refractivity contribution in [2.24, 2.45) is 0 Å². The largest absolute Gasteiger partial charge is 0.493 e. The minimum Gasteiger partial charge on any atom is -0.493 e. The Kier molecular flexibility index (Phi) is 4.90. The Labute approximate surface area is 145 Å². The van der Waals surface area contributed by atoms with Crippen molar-refractivity contribution in [1.82, 2.24) is 4.90 Å². The van der Waals surface area contributed by atoms with E-state index in [-0.39, 0.29) is 24.3 Å². The highest BCUT2D eigenvalue weighted by atomic mass is 19.1. The molecule has 1 saturated heterocycles. The van der Waals surface area contributed by atoms with Gasteiger partial charge in [-0.05, 0) is 42.3 Å². The second-order valence-corrected chi connectivity index (χ2v) is 5.98. The molecule has 132 valence electrons. The number of rotatable bonds is 4. The standard InChI is InChI=1S/C19H20FNO4/c1-24-17-8-5-13(9-18(17)25-2)19(23)21-11-15(22)10-16(21)12-3-6-14(20)7-4-12/h3-9,15-16,22H,10-11H2,1-2H3. The van der Waals surface area contributed by atoms with Crippen molar-refractivity contribution >= 4 is 5.91 Å². The molecule has 1 aliphatic heterocycles. The molecule has 1 heterocycles. The van der Waals surface area contributed by atoms with Gasteiger partial charge in [0, 0.05) is 12.1 Å². The lowest BCUT2D eigenvalue weighted by Gasteiger charge is -2.25. The van der Waals surface area contributed by atoms with E-state index in [2.05, 4.69) is 0 Å². The third kappa shape index (κ3) is 3.44. The summed E-state index contributed by atoms with van der Waals surface area (Å²) in [5.41, 5.74) is 1.24. The number of methoxy groups -OCH3 is 2. The van der Waals surface area contributed by atoms with Crippen LogP contribution in [0.1, 0.15) is 28.4 Å². The van der Waals surface area contributed by atoms with E-state index < -0.39 is 6.10 Å². The molecule has 25 heavy (non-hydrogen) atoms. The Bertz CT molecular complexity index is 763. The molecule has 0 saturated carbocycles. The van der Waals surface area contributed by atoms with Gasteiger partial charge in [0.25, 0.3) is 5.91 Å². The number of β-amino-alcohol motifs (C(OH)–C–C–N with tert-alkyl or cyclic N) is 1. The van der Waals surface area contributed by atoms with Crippen LogP contribution in [0.5, 0.6) is 11.5 Å². The first-order valence-corrected chi connectivity index (χ1v) is 8.00. The van der Waals surface area contributed by atoms with Crippen molar-refractivity contribution in [3.8, 4) is 11.5 Å². The third-order valence-electron chi connectivity index (χ3n) is 4.43. The van der Waals surface area contributed by atoms with E-state index in [0.29, 0.717) is 23.5 Å². The maximum Gasteiger partial charge on any atom is 0.254 e. The topological polar surface area (TPSA) is 59.0 Å². The minimum atomic E-state index is -0.612. The fourth-order valence-corrected chi connectivity index (χ4v) is 3.17. The molecule has 1 amide bonds. The van der Waals surface area contributed by atoms with E-state index in [4.69, 9.17) is 9.47 Å². The van der Waals surface area contributed by atoms with Crippen molar-refractivity contribution in [1.29, 1.82) is 0 Å². The fourth-order valence-electron chi connectivity index (χ4n) is 3.17. The molecule has 1 aliphatic rings. The van der Waals surface area contributed by atoms with E-state index in [0.717, 1.165) is 5.56 Å². The monoisotopic (exact) mass is 345 g/mol. The van der Waals surface area contributed by atoms with Crippen LogP contribution in [-0.2, 0) is 0 Å². The van der Waals surface area contributed by atoms with E-state index in [1.54, 1.807) is 35.2 Å². The van der Waals surface area contributed by atoms with Crippen molar-refractivity contribution in [3.05, 3.63) is 59.4 Å². The average Bonchev–Trinajstić information content (AvgIpc) is 3.02. The molecule has 2 atom stereocenters.